The third kappa shape index (κ3) is 3.42. The lowest BCUT2D eigenvalue weighted by molar-refractivity contribution is 0.586. The molecule has 4 aromatic rings. The van der Waals surface area contributed by atoms with E-state index in [1.807, 2.05) is 24.5 Å². The Morgan fingerprint density at radius 2 is 2.00 bits per heavy atom. The minimum atomic E-state index is 0.489. The monoisotopic (exact) mass is 369 g/mol. The number of nitrogen functional groups attached to an aromatic ring is 1. The van der Waals surface area contributed by atoms with Crippen LogP contribution in [0, 0.1) is 6.92 Å². The Morgan fingerprint density at radius 3 is 2.80 bits per heavy atom. The number of thiazole rings is 1. The van der Waals surface area contributed by atoms with Crippen LogP contribution in [0.15, 0.2) is 36.7 Å². The van der Waals surface area contributed by atoms with Crippen LogP contribution in [0.3, 0.4) is 0 Å². The maximum absolute atomic E-state index is 5.59. The van der Waals surface area contributed by atoms with Crippen LogP contribution < -0.4 is 5.73 Å². The molecule has 3 heterocycles. The van der Waals surface area contributed by atoms with Gasteiger partial charge in [-0.1, -0.05) is 40.8 Å². The Hall–Kier alpha value is -2.65. The summed E-state index contributed by atoms with van der Waals surface area (Å²) in [6.45, 7) is 2.78. The lowest BCUT2D eigenvalue weighted by Crippen LogP contribution is -2.01. The molecule has 0 saturated carbocycles. The number of hydrogen-bond acceptors (Lipinski definition) is 8. The highest BCUT2D eigenvalue weighted by Crippen LogP contribution is 2.32. The molecule has 0 aliphatic rings. The molecular formula is C16H15N7S2. The van der Waals surface area contributed by atoms with Crippen molar-refractivity contribution in [1.82, 2.24) is 30.2 Å². The van der Waals surface area contributed by atoms with Gasteiger partial charge in [-0.2, -0.15) is 0 Å². The molecule has 3 aromatic heterocycles. The van der Waals surface area contributed by atoms with Gasteiger partial charge >= 0.3 is 0 Å². The van der Waals surface area contributed by atoms with E-state index in [9.17, 15) is 0 Å². The van der Waals surface area contributed by atoms with Crippen LogP contribution in [0.5, 0.6) is 0 Å². The van der Waals surface area contributed by atoms with Gasteiger partial charge in [-0.3, -0.25) is 4.68 Å². The summed E-state index contributed by atoms with van der Waals surface area (Å²) in [7, 11) is 0. The smallest absolute Gasteiger partial charge is 0.203 e. The lowest BCUT2D eigenvalue weighted by Gasteiger charge is -1.99. The summed E-state index contributed by atoms with van der Waals surface area (Å²) in [5.41, 5.74) is 8.79. The van der Waals surface area contributed by atoms with Gasteiger partial charge in [-0.15, -0.1) is 26.6 Å². The van der Waals surface area contributed by atoms with Crippen molar-refractivity contribution in [3.05, 3.63) is 47.2 Å². The molecule has 25 heavy (non-hydrogen) atoms. The minimum absolute atomic E-state index is 0.489. The molecule has 9 heteroatoms. The fourth-order valence-corrected chi connectivity index (χ4v) is 3.98. The first-order chi connectivity index (χ1) is 12.2. The van der Waals surface area contributed by atoms with E-state index in [4.69, 9.17) is 5.73 Å². The minimum Gasteiger partial charge on any atom is -0.374 e. The first kappa shape index (κ1) is 15.9. The number of rotatable bonds is 5. The molecule has 0 radical (unpaired) electrons. The van der Waals surface area contributed by atoms with E-state index >= 15 is 0 Å². The maximum Gasteiger partial charge on any atom is 0.203 e. The molecular weight excluding hydrogens is 354 g/mol. The zero-order chi connectivity index (χ0) is 17.2. The summed E-state index contributed by atoms with van der Waals surface area (Å²) in [6, 6.07) is 8.24. The molecule has 0 bridgehead atoms. The lowest BCUT2D eigenvalue weighted by atomic mass is 10.1. The average molecular weight is 369 g/mol. The van der Waals surface area contributed by atoms with E-state index in [1.54, 1.807) is 16.0 Å². The number of aryl methyl sites for hydroxylation is 3. The SMILES string of the molecule is Cc1ccccc1-c1ncc(-c2cn(CCc3nnc(N)s3)nn2)s1. The topological polar surface area (TPSA) is 95.4 Å². The van der Waals surface area contributed by atoms with Crippen LogP contribution in [0.25, 0.3) is 21.1 Å². The first-order valence-electron chi connectivity index (χ1n) is 7.69. The zero-order valence-corrected chi connectivity index (χ0v) is 15.1. The second-order valence-electron chi connectivity index (χ2n) is 5.50. The highest BCUT2D eigenvalue weighted by molar-refractivity contribution is 7.18. The van der Waals surface area contributed by atoms with Gasteiger partial charge in [0.2, 0.25) is 5.13 Å². The average Bonchev–Trinajstić information content (AvgIpc) is 3.33. The molecule has 0 unspecified atom stereocenters. The molecule has 0 aliphatic carbocycles. The summed E-state index contributed by atoms with van der Waals surface area (Å²) < 4.78 is 1.81. The first-order valence-corrected chi connectivity index (χ1v) is 9.32. The number of benzene rings is 1. The molecule has 7 nitrogen and oxygen atoms in total. The summed E-state index contributed by atoms with van der Waals surface area (Å²) in [5.74, 6) is 0. The molecule has 126 valence electrons. The predicted molar refractivity (Wildman–Crippen MR) is 99.3 cm³/mol. The summed E-state index contributed by atoms with van der Waals surface area (Å²) in [4.78, 5) is 5.54. The van der Waals surface area contributed by atoms with Crippen molar-refractivity contribution in [1.29, 1.82) is 0 Å². The normalized spacial score (nSPS) is 11.1. The third-order valence-corrected chi connectivity index (χ3v) is 5.57. The van der Waals surface area contributed by atoms with Crippen LogP contribution >= 0.6 is 22.7 Å². The largest absolute Gasteiger partial charge is 0.374 e. The molecule has 0 spiro atoms. The molecule has 0 fully saturated rings. The van der Waals surface area contributed by atoms with Gasteiger partial charge in [0.05, 0.1) is 11.1 Å². The molecule has 1 aromatic carbocycles. The Morgan fingerprint density at radius 1 is 1.12 bits per heavy atom. The standard InChI is InChI=1S/C16H15N7S2/c1-10-4-2-3-5-11(10)15-18-8-13(24-15)12-9-23(22-19-12)7-6-14-20-21-16(17)25-14/h2-5,8-9H,6-7H2,1H3,(H2,17,21). The fraction of sp³-hybridized carbons (Fsp3) is 0.188. The van der Waals surface area contributed by atoms with Crippen molar-refractivity contribution in [2.75, 3.05) is 5.73 Å². The number of nitrogens with two attached hydrogens (primary N) is 1. The third-order valence-electron chi connectivity index (χ3n) is 3.71. The van der Waals surface area contributed by atoms with Crippen LogP contribution in [0.1, 0.15) is 10.6 Å². The van der Waals surface area contributed by atoms with Gasteiger partial charge in [0.15, 0.2) is 0 Å². The van der Waals surface area contributed by atoms with E-state index in [2.05, 4.69) is 44.5 Å². The second-order valence-corrected chi connectivity index (χ2v) is 7.62. The molecule has 0 saturated heterocycles. The zero-order valence-electron chi connectivity index (χ0n) is 13.5. The van der Waals surface area contributed by atoms with Gasteiger partial charge in [-0.25, -0.2) is 4.98 Å². The highest BCUT2D eigenvalue weighted by atomic mass is 32.1. The molecule has 2 N–H and O–H groups in total. The highest BCUT2D eigenvalue weighted by Gasteiger charge is 2.11. The van der Waals surface area contributed by atoms with E-state index in [0.29, 0.717) is 11.7 Å². The van der Waals surface area contributed by atoms with Gasteiger partial charge in [-0.05, 0) is 12.5 Å². The fourth-order valence-electron chi connectivity index (χ4n) is 2.43. The number of hydrogen-bond donors (Lipinski definition) is 1. The van der Waals surface area contributed by atoms with E-state index in [0.717, 1.165) is 32.6 Å². The second kappa shape index (κ2) is 6.69. The summed E-state index contributed by atoms with van der Waals surface area (Å²) >= 11 is 3.02. The Kier molecular flexibility index (Phi) is 4.24. The Labute approximate surface area is 152 Å². The number of anilines is 1. The van der Waals surface area contributed by atoms with Crippen molar-refractivity contribution in [2.24, 2.45) is 0 Å². The molecule has 0 amide bonds. The van der Waals surface area contributed by atoms with E-state index in [-0.39, 0.29) is 0 Å². The van der Waals surface area contributed by atoms with Gasteiger partial charge in [0, 0.05) is 24.7 Å². The van der Waals surface area contributed by atoms with Crippen LogP contribution in [-0.2, 0) is 13.0 Å². The number of aromatic nitrogens is 6. The van der Waals surface area contributed by atoms with Crippen LogP contribution in [-0.4, -0.2) is 30.2 Å². The van der Waals surface area contributed by atoms with Crippen molar-refractivity contribution >= 4 is 27.8 Å². The maximum atomic E-state index is 5.59. The molecule has 0 aliphatic heterocycles. The molecule has 0 atom stereocenters. The predicted octanol–water partition coefficient (Wildman–Crippen LogP) is 3.05. The van der Waals surface area contributed by atoms with Gasteiger partial charge < -0.3 is 5.73 Å². The quantitative estimate of drug-likeness (QED) is 0.581. The van der Waals surface area contributed by atoms with Gasteiger partial charge in [0.25, 0.3) is 0 Å². The van der Waals surface area contributed by atoms with Crippen molar-refractivity contribution in [2.45, 2.75) is 19.9 Å². The van der Waals surface area contributed by atoms with E-state index < -0.39 is 0 Å². The van der Waals surface area contributed by atoms with Crippen molar-refractivity contribution < 1.29 is 0 Å². The van der Waals surface area contributed by atoms with Crippen molar-refractivity contribution in [3.8, 4) is 21.1 Å². The number of nitrogens with zero attached hydrogens (tertiary/aromatic N) is 6. The Bertz CT molecular complexity index is 1000. The summed E-state index contributed by atoms with van der Waals surface area (Å²) in [5, 5.41) is 18.7. The van der Waals surface area contributed by atoms with Crippen LogP contribution in [0.2, 0.25) is 0 Å². The molecule has 4 rings (SSSR count). The van der Waals surface area contributed by atoms with E-state index in [1.165, 1.54) is 16.9 Å². The Balaban J connectivity index is 1.50. The van der Waals surface area contributed by atoms with Crippen LogP contribution in [0.4, 0.5) is 5.13 Å². The van der Waals surface area contributed by atoms with Gasteiger partial charge in [0.1, 0.15) is 15.7 Å². The summed E-state index contributed by atoms with van der Waals surface area (Å²) in [6.07, 6.45) is 4.51. The van der Waals surface area contributed by atoms with Crippen molar-refractivity contribution in [3.63, 3.8) is 0 Å².